The second-order valence-electron chi connectivity index (χ2n) is 4.71. The van der Waals surface area contributed by atoms with Crippen LogP contribution in [0.25, 0.3) is 0 Å². The number of carbonyl (C=O) groups excluding carboxylic acids is 1. The zero-order valence-corrected chi connectivity index (χ0v) is 10.8. The van der Waals surface area contributed by atoms with Crippen molar-refractivity contribution in [2.45, 2.75) is 32.2 Å². The molecule has 0 radical (unpaired) electrons. The third-order valence-electron chi connectivity index (χ3n) is 3.37. The van der Waals surface area contributed by atoms with Crippen LogP contribution in [0, 0.1) is 0 Å². The molecule has 4 nitrogen and oxygen atoms in total. The molecule has 1 atom stereocenters. The van der Waals surface area contributed by atoms with E-state index < -0.39 is 0 Å². The van der Waals surface area contributed by atoms with Gasteiger partial charge < -0.3 is 15.4 Å². The van der Waals surface area contributed by atoms with Gasteiger partial charge in [-0.15, -0.1) is 0 Å². The van der Waals surface area contributed by atoms with Gasteiger partial charge in [-0.1, -0.05) is 12.1 Å². The number of hydrogen-bond donors (Lipinski definition) is 1. The number of hydrogen-bond acceptors (Lipinski definition) is 3. The number of amides is 1. The molecule has 4 heteroatoms. The van der Waals surface area contributed by atoms with E-state index >= 15 is 0 Å². The Hall–Kier alpha value is -1.71. The second kappa shape index (κ2) is 5.76. The summed E-state index contributed by atoms with van der Waals surface area (Å²) in [6.45, 7) is 3.37. The van der Waals surface area contributed by atoms with Crippen LogP contribution in [0.4, 0.5) is 5.69 Å². The standard InChI is InChI=1S/C14H20N2O2/c1-11-5-4-9-16(11)14(17)8-10-18-13-7-3-2-6-12(13)15/h2-3,6-7,11H,4-5,8-10,15H2,1H3. The number of nitrogens with two attached hydrogens (primary N) is 1. The lowest BCUT2D eigenvalue weighted by Crippen LogP contribution is -2.34. The van der Waals surface area contributed by atoms with Gasteiger partial charge in [0.1, 0.15) is 5.75 Å². The van der Waals surface area contributed by atoms with Crippen LogP contribution in [-0.2, 0) is 4.79 Å². The molecule has 0 bridgehead atoms. The van der Waals surface area contributed by atoms with E-state index in [0.29, 0.717) is 30.5 Å². The number of likely N-dealkylation sites (tertiary alicyclic amines) is 1. The third-order valence-corrected chi connectivity index (χ3v) is 3.37. The van der Waals surface area contributed by atoms with Gasteiger partial charge in [0.15, 0.2) is 0 Å². The Balaban J connectivity index is 1.79. The quantitative estimate of drug-likeness (QED) is 0.830. The Labute approximate surface area is 108 Å². The Morgan fingerprint density at radius 2 is 2.28 bits per heavy atom. The van der Waals surface area contributed by atoms with E-state index in [-0.39, 0.29) is 5.91 Å². The topological polar surface area (TPSA) is 55.6 Å². The minimum absolute atomic E-state index is 0.175. The first kappa shape index (κ1) is 12.7. The van der Waals surface area contributed by atoms with Gasteiger partial charge in [0.25, 0.3) is 0 Å². The Bertz CT molecular complexity index is 420. The summed E-state index contributed by atoms with van der Waals surface area (Å²) in [6, 6.07) is 7.71. The first-order valence-corrected chi connectivity index (χ1v) is 6.45. The minimum atomic E-state index is 0.175. The van der Waals surface area contributed by atoms with E-state index in [9.17, 15) is 4.79 Å². The number of para-hydroxylation sites is 2. The Kier molecular flexibility index (Phi) is 4.07. The van der Waals surface area contributed by atoms with Crippen molar-refractivity contribution in [2.75, 3.05) is 18.9 Å². The van der Waals surface area contributed by atoms with Gasteiger partial charge in [-0.3, -0.25) is 4.79 Å². The van der Waals surface area contributed by atoms with Gasteiger partial charge in [-0.2, -0.15) is 0 Å². The molecule has 2 N–H and O–H groups in total. The molecule has 1 aliphatic rings. The lowest BCUT2D eigenvalue weighted by atomic mass is 10.2. The molecule has 18 heavy (non-hydrogen) atoms. The van der Waals surface area contributed by atoms with Crippen LogP contribution in [0.5, 0.6) is 5.75 Å². The zero-order valence-electron chi connectivity index (χ0n) is 10.8. The highest BCUT2D eigenvalue weighted by molar-refractivity contribution is 5.76. The van der Waals surface area contributed by atoms with Crippen LogP contribution in [0.15, 0.2) is 24.3 Å². The zero-order chi connectivity index (χ0) is 13.0. The molecule has 1 aliphatic heterocycles. The molecule has 1 saturated heterocycles. The second-order valence-corrected chi connectivity index (χ2v) is 4.71. The highest BCUT2D eigenvalue weighted by Crippen LogP contribution is 2.21. The molecular formula is C14H20N2O2. The van der Waals surface area contributed by atoms with Crippen LogP contribution in [0.1, 0.15) is 26.2 Å². The SMILES string of the molecule is CC1CCCN1C(=O)CCOc1ccccc1N. The summed E-state index contributed by atoms with van der Waals surface area (Å²) in [6.07, 6.45) is 2.64. The van der Waals surface area contributed by atoms with Gasteiger partial charge in [0, 0.05) is 12.6 Å². The fourth-order valence-electron chi connectivity index (χ4n) is 2.31. The van der Waals surface area contributed by atoms with Crippen LogP contribution in [-0.4, -0.2) is 30.0 Å². The van der Waals surface area contributed by atoms with Crippen molar-refractivity contribution in [1.29, 1.82) is 0 Å². The van der Waals surface area contributed by atoms with Gasteiger partial charge >= 0.3 is 0 Å². The summed E-state index contributed by atoms with van der Waals surface area (Å²) in [5.74, 6) is 0.828. The predicted octanol–water partition coefficient (Wildman–Crippen LogP) is 2.05. The Morgan fingerprint density at radius 3 is 2.94 bits per heavy atom. The molecule has 1 aromatic rings. The van der Waals surface area contributed by atoms with E-state index in [1.165, 1.54) is 0 Å². The van der Waals surface area contributed by atoms with E-state index in [1.54, 1.807) is 6.07 Å². The van der Waals surface area contributed by atoms with Crippen LogP contribution in [0.2, 0.25) is 0 Å². The van der Waals surface area contributed by atoms with Crippen LogP contribution >= 0.6 is 0 Å². The van der Waals surface area contributed by atoms with E-state index in [1.807, 2.05) is 23.1 Å². The summed E-state index contributed by atoms with van der Waals surface area (Å²) in [5, 5.41) is 0. The van der Waals surface area contributed by atoms with Crippen molar-refractivity contribution in [3.05, 3.63) is 24.3 Å². The molecule has 1 aromatic carbocycles. The largest absolute Gasteiger partial charge is 0.491 e. The van der Waals surface area contributed by atoms with Crippen molar-refractivity contribution in [1.82, 2.24) is 4.90 Å². The first-order valence-electron chi connectivity index (χ1n) is 6.45. The highest BCUT2D eigenvalue weighted by Gasteiger charge is 2.24. The van der Waals surface area contributed by atoms with Gasteiger partial charge in [-0.25, -0.2) is 0 Å². The lowest BCUT2D eigenvalue weighted by molar-refractivity contribution is -0.132. The number of carbonyl (C=O) groups is 1. The number of rotatable bonds is 4. The number of ether oxygens (including phenoxy) is 1. The van der Waals surface area contributed by atoms with Crippen molar-refractivity contribution in [2.24, 2.45) is 0 Å². The summed E-state index contributed by atoms with van der Waals surface area (Å²) in [5.41, 5.74) is 6.37. The van der Waals surface area contributed by atoms with Crippen molar-refractivity contribution in [3.8, 4) is 5.75 Å². The highest BCUT2D eigenvalue weighted by atomic mass is 16.5. The predicted molar refractivity (Wildman–Crippen MR) is 71.4 cm³/mol. The molecule has 0 aliphatic carbocycles. The summed E-state index contributed by atoms with van der Waals surface area (Å²) in [7, 11) is 0. The molecule has 0 spiro atoms. The van der Waals surface area contributed by atoms with E-state index in [4.69, 9.17) is 10.5 Å². The summed E-state index contributed by atoms with van der Waals surface area (Å²) >= 11 is 0. The normalized spacial score (nSPS) is 18.9. The van der Waals surface area contributed by atoms with Crippen LogP contribution in [0.3, 0.4) is 0 Å². The number of anilines is 1. The molecule has 1 amide bonds. The minimum Gasteiger partial charge on any atom is -0.491 e. The lowest BCUT2D eigenvalue weighted by Gasteiger charge is -2.21. The smallest absolute Gasteiger partial charge is 0.226 e. The summed E-state index contributed by atoms with van der Waals surface area (Å²) in [4.78, 5) is 13.9. The molecule has 1 heterocycles. The van der Waals surface area contributed by atoms with E-state index in [0.717, 1.165) is 19.4 Å². The first-order chi connectivity index (χ1) is 8.68. The average molecular weight is 248 g/mol. The number of benzene rings is 1. The summed E-state index contributed by atoms with van der Waals surface area (Å²) < 4.78 is 5.53. The third kappa shape index (κ3) is 2.94. The maximum absolute atomic E-state index is 11.9. The monoisotopic (exact) mass is 248 g/mol. The van der Waals surface area contributed by atoms with Gasteiger partial charge in [0.05, 0.1) is 18.7 Å². The van der Waals surface area contributed by atoms with E-state index in [2.05, 4.69) is 6.92 Å². The fraction of sp³-hybridized carbons (Fsp3) is 0.500. The molecule has 2 rings (SSSR count). The average Bonchev–Trinajstić information content (AvgIpc) is 2.78. The molecule has 1 fully saturated rings. The van der Waals surface area contributed by atoms with Crippen molar-refractivity contribution >= 4 is 11.6 Å². The van der Waals surface area contributed by atoms with Crippen LogP contribution < -0.4 is 10.5 Å². The molecule has 98 valence electrons. The molecule has 1 unspecified atom stereocenters. The maximum atomic E-state index is 11.9. The number of nitrogens with zero attached hydrogens (tertiary/aromatic N) is 1. The van der Waals surface area contributed by atoms with Gasteiger partial charge in [-0.05, 0) is 31.9 Å². The number of nitrogen functional groups attached to an aromatic ring is 1. The molecule has 0 saturated carbocycles. The van der Waals surface area contributed by atoms with Crippen molar-refractivity contribution in [3.63, 3.8) is 0 Å². The molecular weight excluding hydrogens is 228 g/mol. The van der Waals surface area contributed by atoms with Gasteiger partial charge in [0.2, 0.25) is 5.91 Å². The maximum Gasteiger partial charge on any atom is 0.226 e. The molecule has 0 aromatic heterocycles. The Morgan fingerprint density at radius 1 is 1.50 bits per heavy atom. The van der Waals surface area contributed by atoms with Crippen molar-refractivity contribution < 1.29 is 9.53 Å². The fourth-order valence-corrected chi connectivity index (χ4v) is 2.31.